The van der Waals surface area contributed by atoms with Crippen LogP contribution in [0.5, 0.6) is 0 Å². The number of nitrogens with zero attached hydrogens (tertiary/aromatic N) is 2. The number of rotatable bonds is 4. The Balaban J connectivity index is 1.64. The van der Waals surface area contributed by atoms with Crippen molar-refractivity contribution in [1.29, 1.82) is 0 Å². The van der Waals surface area contributed by atoms with Crippen LogP contribution in [0.4, 0.5) is 8.78 Å². The summed E-state index contributed by atoms with van der Waals surface area (Å²) in [4.78, 5) is 17.8. The van der Waals surface area contributed by atoms with Crippen molar-refractivity contribution >= 4 is 5.91 Å². The maximum absolute atomic E-state index is 13.7. The molecule has 0 spiro atoms. The topological polar surface area (TPSA) is 55.6 Å². The van der Waals surface area contributed by atoms with Gasteiger partial charge >= 0.3 is 0 Å². The van der Waals surface area contributed by atoms with Crippen LogP contribution in [0, 0.1) is 11.6 Å². The molecule has 2 heterocycles. The Labute approximate surface area is 131 Å². The lowest BCUT2D eigenvalue weighted by Gasteiger charge is -2.26. The summed E-state index contributed by atoms with van der Waals surface area (Å²) in [7, 11) is 0. The van der Waals surface area contributed by atoms with Gasteiger partial charge in [-0.3, -0.25) is 4.79 Å². The summed E-state index contributed by atoms with van der Waals surface area (Å²) in [5, 5.41) is 0. The highest BCUT2D eigenvalue weighted by Crippen LogP contribution is 2.26. The van der Waals surface area contributed by atoms with Crippen LogP contribution in [0.15, 0.2) is 28.8 Å². The van der Waals surface area contributed by atoms with Crippen molar-refractivity contribution in [1.82, 2.24) is 9.88 Å². The van der Waals surface area contributed by atoms with Crippen molar-refractivity contribution in [3.05, 3.63) is 41.9 Å². The molecule has 0 bridgehead atoms. The lowest BCUT2D eigenvalue weighted by Crippen LogP contribution is -2.40. The van der Waals surface area contributed by atoms with Gasteiger partial charge in [0.15, 0.2) is 11.7 Å². The molecule has 1 aliphatic rings. The summed E-state index contributed by atoms with van der Waals surface area (Å²) in [5.41, 5.74) is -0.245. The number of amides is 1. The largest absolute Gasteiger partial charge is 0.441 e. The van der Waals surface area contributed by atoms with Gasteiger partial charge in [0.05, 0.1) is 25.0 Å². The summed E-state index contributed by atoms with van der Waals surface area (Å²) >= 11 is 0. The molecule has 1 aromatic heterocycles. The van der Waals surface area contributed by atoms with E-state index < -0.39 is 11.6 Å². The molecule has 3 rings (SSSR count). The third-order valence-electron chi connectivity index (χ3n) is 3.68. The van der Waals surface area contributed by atoms with Gasteiger partial charge in [-0.05, 0) is 12.1 Å². The number of oxazole rings is 1. The molecule has 0 unspecified atom stereocenters. The molecule has 0 aliphatic carbocycles. The van der Waals surface area contributed by atoms with Crippen LogP contribution in [-0.2, 0) is 16.0 Å². The van der Waals surface area contributed by atoms with Crippen LogP contribution >= 0.6 is 0 Å². The molecule has 0 saturated carbocycles. The van der Waals surface area contributed by atoms with E-state index in [0.29, 0.717) is 26.3 Å². The summed E-state index contributed by atoms with van der Waals surface area (Å²) in [6.07, 6.45) is 1.79. The molecule has 0 atom stereocenters. The van der Waals surface area contributed by atoms with Gasteiger partial charge in [-0.1, -0.05) is 6.07 Å². The van der Waals surface area contributed by atoms with Crippen LogP contribution in [0.1, 0.15) is 12.3 Å². The number of hydrogen-bond donors (Lipinski definition) is 0. The first kappa shape index (κ1) is 15.6. The van der Waals surface area contributed by atoms with Crippen LogP contribution in [0.2, 0.25) is 0 Å². The number of morpholine rings is 1. The Morgan fingerprint density at radius 1 is 1.22 bits per heavy atom. The Kier molecular flexibility index (Phi) is 4.66. The minimum absolute atomic E-state index is 0.00915. The maximum atomic E-state index is 13.7. The molecule has 5 nitrogen and oxygen atoms in total. The van der Waals surface area contributed by atoms with Crippen LogP contribution in [-0.4, -0.2) is 42.1 Å². The zero-order valence-corrected chi connectivity index (χ0v) is 12.4. The molecule has 1 saturated heterocycles. The number of ether oxygens (including phenoxy) is 1. The van der Waals surface area contributed by atoms with E-state index in [9.17, 15) is 13.6 Å². The molecule has 0 radical (unpaired) electrons. The van der Waals surface area contributed by atoms with E-state index in [2.05, 4.69) is 4.98 Å². The lowest BCUT2D eigenvalue weighted by molar-refractivity contribution is -0.135. The number of hydrogen-bond acceptors (Lipinski definition) is 4. The quantitative estimate of drug-likeness (QED) is 0.867. The van der Waals surface area contributed by atoms with Gasteiger partial charge in [0.1, 0.15) is 11.6 Å². The zero-order chi connectivity index (χ0) is 16.2. The number of halogens is 2. The molecule has 1 aromatic carbocycles. The number of carbonyl (C=O) groups is 1. The van der Waals surface area contributed by atoms with E-state index in [1.54, 1.807) is 4.90 Å². The Morgan fingerprint density at radius 2 is 1.91 bits per heavy atom. The number of benzene rings is 1. The summed E-state index contributed by atoms with van der Waals surface area (Å²) in [6.45, 7) is 2.25. The fourth-order valence-corrected chi connectivity index (χ4v) is 2.46. The smallest absolute Gasteiger partial charge is 0.223 e. The van der Waals surface area contributed by atoms with E-state index >= 15 is 0 Å². The molecule has 0 N–H and O–H groups in total. The van der Waals surface area contributed by atoms with Gasteiger partial charge < -0.3 is 14.1 Å². The highest BCUT2D eigenvalue weighted by molar-refractivity contribution is 5.76. The Bertz CT molecular complexity index is 676. The second-order valence-electron chi connectivity index (χ2n) is 5.21. The number of aromatic nitrogens is 1. The molecule has 23 heavy (non-hydrogen) atoms. The zero-order valence-electron chi connectivity index (χ0n) is 12.4. The van der Waals surface area contributed by atoms with Gasteiger partial charge in [0.25, 0.3) is 0 Å². The first-order valence-corrected chi connectivity index (χ1v) is 7.40. The van der Waals surface area contributed by atoms with Gasteiger partial charge in [0, 0.05) is 25.9 Å². The van der Waals surface area contributed by atoms with E-state index in [1.807, 2.05) is 0 Å². The molecule has 122 valence electrons. The number of carbonyl (C=O) groups excluding carboxylic acids is 1. The highest BCUT2D eigenvalue weighted by Gasteiger charge is 2.19. The van der Waals surface area contributed by atoms with Crippen molar-refractivity contribution in [2.24, 2.45) is 0 Å². The third-order valence-corrected chi connectivity index (χ3v) is 3.68. The molecule has 2 aromatic rings. The second-order valence-corrected chi connectivity index (χ2v) is 5.21. The molecule has 7 heteroatoms. The summed E-state index contributed by atoms with van der Waals surface area (Å²) in [5.74, 6) is -1.13. The van der Waals surface area contributed by atoms with Gasteiger partial charge in [-0.2, -0.15) is 0 Å². The predicted octanol–water partition coefficient (Wildman–Crippen LogP) is 2.41. The molecule has 1 fully saturated rings. The van der Waals surface area contributed by atoms with Crippen molar-refractivity contribution in [2.45, 2.75) is 12.8 Å². The van der Waals surface area contributed by atoms with Gasteiger partial charge in [0.2, 0.25) is 5.91 Å². The van der Waals surface area contributed by atoms with Crippen LogP contribution in [0.25, 0.3) is 11.3 Å². The van der Waals surface area contributed by atoms with Crippen molar-refractivity contribution in [3.8, 4) is 11.3 Å². The highest BCUT2D eigenvalue weighted by atomic mass is 19.1. The average molecular weight is 322 g/mol. The summed E-state index contributed by atoms with van der Waals surface area (Å²) < 4.78 is 38.0. The standard InChI is InChI=1S/C16H16F2N2O3/c17-11-2-1-3-12(18)16(11)13-10-19-14(23-13)4-5-15(21)20-6-8-22-9-7-20/h1-3,10H,4-9H2. The average Bonchev–Trinajstić information content (AvgIpc) is 3.02. The van der Waals surface area contributed by atoms with Crippen LogP contribution in [0.3, 0.4) is 0 Å². The Hall–Kier alpha value is -2.28. The van der Waals surface area contributed by atoms with E-state index in [0.717, 1.165) is 12.1 Å². The van der Waals surface area contributed by atoms with Crippen molar-refractivity contribution < 1.29 is 22.7 Å². The van der Waals surface area contributed by atoms with E-state index in [-0.39, 0.29) is 36.0 Å². The monoisotopic (exact) mass is 322 g/mol. The molecular weight excluding hydrogens is 306 g/mol. The fourth-order valence-electron chi connectivity index (χ4n) is 2.46. The summed E-state index contributed by atoms with van der Waals surface area (Å²) in [6, 6.07) is 3.59. The van der Waals surface area contributed by atoms with Crippen LogP contribution < -0.4 is 0 Å². The molecular formula is C16H16F2N2O3. The predicted molar refractivity (Wildman–Crippen MR) is 77.6 cm³/mol. The van der Waals surface area contributed by atoms with E-state index in [1.165, 1.54) is 12.3 Å². The first-order valence-electron chi connectivity index (χ1n) is 7.40. The number of aryl methyl sites for hydroxylation is 1. The third kappa shape index (κ3) is 3.56. The minimum Gasteiger partial charge on any atom is -0.441 e. The SMILES string of the molecule is O=C(CCc1ncc(-c2c(F)cccc2F)o1)N1CCOCC1. The Morgan fingerprint density at radius 3 is 2.61 bits per heavy atom. The lowest BCUT2D eigenvalue weighted by atomic mass is 10.1. The fraction of sp³-hybridized carbons (Fsp3) is 0.375. The minimum atomic E-state index is -0.711. The van der Waals surface area contributed by atoms with E-state index in [4.69, 9.17) is 9.15 Å². The molecule has 1 amide bonds. The normalized spacial score (nSPS) is 15.0. The second kappa shape index (κ2) is 6.87. The first-order chi connectivity index (χ1) is 11.1. The molecule has 1 aliphatic heterocycles. The van der Waals surface area contributed by atoms with Gasteiger partial charge in [-0.25, -0.2) is 13.8 Å². The van der Waals surface area contributed by atoms with Crippen molar-refractivity contribution in [3.63, 3.8) is 0 Å². The maximum Gasteiger partial charge on any atom is 0.223 e. The van der Waals surface area contributed by atoms with Crippen molar-refractivity contribution in [2.75, 3.05) is 26.3 Å². The van der Waals surface area contributed by atoms with Gasteiger partial charge in [-0.15, -0.1) is 0 Å².